The molecule has 18 heteroatoms. The quantitative estimate of drug-likeness (QED) is 0.0617. The van der Waals surface area contributed by atoms with E-state index in [-0.39, 0.29) is 12.9 Å². The van der Waals surface area contributed by atoms with Crippen molar-refractivity contribution in [3.8, 4) is 39.1 Å². The molecule has 0 fully saturated rings. The molecule has 0 saturated heterocycles. The minimum Gasteiger partial charge on any atom is -0.423 e. The van der Waals surface area contributed by atoms with Crippen LogP contribution in [0, 0.1) is 0 Å². The maximum atomic E-state index is 12.6. The van der Waals surface area contributed by atoms with Gasteiger partial charge in [0.1, 0.15) is 18.2 Å². The van der Waals surface area contributed by atoms with Gasteiger partial charge in [-0.15, -0.1) is 0 Å². The van der Waals surface area contributed by atoms with Crippen molar-refractivity contribution in [1.29, 1.82) is 0 Å². The lowest BCUT2D eigenvalue weighted by molar-refractivity contribution is -0.0499. The highest BCUT2D eigenvalue weighted by atomic mass is 32.2. The Kier molecular flexibility index (Phi) is 13.3. The van der Waals surface area contributed by atoms with E-state index in [1.54, 1.807) is 55.1 Å². The fourth-order valence-electron chi connectivity index (χ4n) is 5.47. The van der Waals surface area contributed by atoms with E-state index in [4.69, 9.17) is 21.5 Å². The summed E-state index contributed by atoms with van der Waals surface area (Å²) in [7, 11) is -7.24. The lowest BCUT2D eigenvalue weighted by Crippen LogP contribution is -2.29. The molecule has 0 amide bonds. The van der Waals surface area contributed by atoms with Gasteiger partial charge in [-0.3, -0.25) is 9.97 Å². The zero-order valence-corrected chi connectivity index (χ0v) is 30.2. The van der Waals surface area contributed by atoms with Crippen LogP contribution < -0.4 is 21.1 Å². The van der Waals surface area contributed by atoms with Crippen molar-refractivity contribution in [3.63, 3.8) is 0 Å². The van der Waals surface area contributed by atoms with Crippen LogP contribution in [-0.2, 0) is 10.1 Å². The second-order valence-electron chi connectivity index (χ2n) is 12.0. The maximum absolute atomic E-state index is 12.6. The van der Waals surface area contributed by atoms with Crippen molar-refractivity contribution in [3.05, 3.63) is 147 Å². The minimum absolute atomic E-state index is 0. The van der Waals surface area contributed by atoms with Crippen molar-refractivity contribution in [2.45, 2.75) is 12.9 Å². The highest BCUT2D eigenvalue weighted by Gasteiger charge is 2.48. The first kappa shape index (κ1) is 42.1. The molecule has 0 spiro atoms. The number of nitrogens with two attached hydrogens (primary N) is 2. The van der Waals surface area contributed by atoms with Gasteiger partial charge in [-0.1, -0.05) is 31.7 Å². The molecule has 0 radical (unpaired) electrons. The Morgan fingerprint density at radius 1 is 0.603 bits per heavy atom. The third-order valence-corrected chi connectivity index (χ3v) is 9.06. The van der Waals surface area contributed by atoms with E-state index in [2.05, 4.69) is 46.2 Å². The van der Waals surface area contributed by atoms with Crippen molar-refractivity contribution >= 4 is 55.9 Å². The number of fused-ring (bicyclic) bond motifs is 2. The van der Waals surface area contributed by atoms with Crippen molar-refractivity contribution < 1.29 is 35.8 Å². The van der Waals surface area contributed by atoms with E-state index in [0.29, 0.717) is 27.7 Å². The molecule has 4 heterocycles. The van der Waals surface area contributed by atoms with Crippen LogP contribution in [0.15, 0.2) is 147 Å². The van der Waals surface area contributed by atoms with E-state index in [9.17, 15) is 21.6 Å². The third-order valence-electron chi connectivity index (χ3n) is 8.09. The standard InChI is InChI=1S/C19H14N4.C14H8F3N3O3S.C6H8BNO2.CH4/c20-17-3-1-2-14(9-17)18-10-15(13-4-6-21-7-5-13)8-16-11-22-12-23-19(16)18;15-14(16,17)24(21,22)23-12-6-10(9-1-3-18-4-2-9)5-11-7-19-8-20-13(11)12;8-6-3-1-2-5(4-6)7(9)10;/h1-12H,20H2;1-8H;1-4,9-10H,8H2;1H4. The Morgan fingerprint density at radius 2 is 1.12 bits per heavy atom. The van der Waals surface area contributed by atoms with Gasteiger partial charge in [0.2, 0.25) is 0 Å². The van der Waals surface area contributed by atoms with E-state index >= 15 is 0 Å². The molecule has 0 bridgehead atoms. The second kappa shape index (κ2) is 18.3. The Bertz CT molecular complexity index is 2750. The van der Waals surface area contributed by atoms with Gasteiger partial charge in [-0.25, -0.2) is 19.9 Å². The molecule has 13 nitrogen and oxygen atoms in total. The molecule has 6 N–H and O–H groups in total. The number of halogens is 3. The molecule has 8 aromatic rings. The Morgan fingerprint density at radius 3 is 1.64 bits per heavy atom. The number of alkyl halides is 3. The van der Waals surface area contributed by atoms with Crippen LogP contribution in [0.4, 0.5) is 24.5 Å². The number of hydrogen-bond acceptors (Lipinski definition) is 13. The second-order valence-corrected chi connectivity index (χ2v) is 13.6. The van der Waals surface area contributed by atoms with Gasteiger partial charge in [0.25, 0.3) is 0 Å². The van der Waals surface area contributed by atoms with Crippen LogP contribution in [0.25, 0.3) is 55.2 Å². The van der Waals surface area contributed by atoms with Gasteiger partial charge in [0.15, 0.2) is 5.75 Å². The van der Waals surface area contributed by atoms with Crippen molar-refractivity contribution in [2.24, 2.45) is 0 Å². The molecule has 58 heavy (non-hydrogen) atoms. The average molecular weight is 807 g/mol. The normalized spacial score (nSPS) is 11.0. The zero-order chi connectivity index (χ0) is 40.6. The molecule has 4 aromatic carbocycles. The molecule has 294 valence electrons. The molecule has 4 aromatic heterocycles. The number of anilines is 2. The summed E-state index contributed by atoms with van der Waals surface area (Å²) in [5.41, 5.74) is 13.7. The molecule has 0 unspecified atom stereocenters. The lowest BCUT2D eigenvalue weighted by Gasteiger charge is -2.12. The Balaban J connectivity index is 0.000000177. The van der Waals surface area contributed by atoms with Crippen molar-refractivity contribution in [1.82, 2.24) is 29.9 Å². The highest BCUT2D eigenvalue weighted by molar-refractivity contribution is 7.88. The number of hydrogen-bond donors (Lipinski definition) is 4. The van der Waals surface area contributed by atoms with Crippen LogP contribution in [0.3, 0.4) is 0 Å². The molecule has 8 rings (SSSR count). The van der Waals surface area contributed by atoms with E-state index in [1.807, 2.05) is 42.6 Å². The molecular formula is C40H34BF3N8O5S. The van der Waals surface area contributed by atoms with Gasteiger partial charge in [-0.2, -0.15) is 21.6 Å². The summed E-state index contributed by atoms with van der Waals surface area (Å²) in [6.45, 7) is 0. The molecule has 0 saturated carbocycles. The van der Waals surface area contributed by atoms with Gasteiger partial charge < -0.3 is 25.7 Å². The van der Waals surface area contributed by atoms with Gasteiger partial charge in [-0.05, 0) is 106 Å². The first-order valence-electron chi connectivity index (χ1n) is 16.7. The number of pyridine rings is 2. The summed E-state index contributed by atoms with van der Waals surface area (Å²) < 4.78 is 64.7. The minimum atomic E-state index is -5.81. The van der Waals surface area contributed by atoms with Crippen LogP contribution in [-0.4, -0.2) is 61.0 Å². The van der Waals surface area contributed by atoms with Gasteiger partial charge in [0, 0.05) is 64.9 Å². The van der Waals surface area contributed by atoms with E-state index in [0.717, 1.165) is 45.2 Å². The smallest absolute Gasteiger partial charge is 0.423 e. The summed E-state index contributed by atoms with van der Waals surface area (Å²) in [6.07, 6.45) is 12.4. The van der Waals surface area contributed by atoms with Gasteiger partial charge in [0.05, 0.1) is 5.52 Å². The predicted molar refractivity (Wildman–Crippen MR) is 218 cm³/mol. The van der Waals surface area contributed by atoms with Crippen LogP contribution in [0.2, 0.25) is 0 Å². The van der Waals surface area contributed by atoms with E-state index < -0.39 is 28.5 Å². The SMILES string of the molecule is C.Nc1cccc(-c2cc(-c3ccncc3)cc3cncnc23)c1.Nc1cccc(B(O)O)c1.O=S(=O)(Oc1cc(-c2ccncc2)cc2cncnc12)C(F)(F)F. The Labute approximate surface area is 331 Å². The number of rotatable bonds is 6. The lowest BCUT2D eigenvalue weighted by atomic mass is 9.80. The fraction of sp³-hybridized carbons (Fsp3) is 0.0500. The molecular weight excluding hydrogens is 772 g/mol. The Hall–Kier alpha value is -7.02. The number of nitrogen functional groups attached to an aromatic ring is 2. The summed E-state index contributed by atoms with van der Waals surface area (Å²) in [4.78, 5) is 24.1. The third kappa shape index (κ3) is 10.2. The van der Waals surface area contributed by atoms with E-state index in [1.165, 1.54) is 30.7 Å². The zero-order valence-electron chi connectivity index (χ0n) is 29.4. The summed E-state index contributed by atoms with van der Waals surface area (Å²) in [6, 6.07) is 28.6. The van der Waals surface area contributed by atoms with Crippen LogP contribution in [0.5, 0.6) is 5.75 Å². The largest absolute Gasteiger partial charge is 0.534 e. The predicted octanol–water partition coefficient (Wildman–Crippen LogP) is 6.45. The first-order chi connectivity index (χ1) is 27.3. The monoisotopic (exact) mass is 806 g/mol. The van der Waals surface area contributed by atoms with Crippen LogP contribution in [0.1, 0.15) is 7.43 Å². The highest BCUT2D eigenvalue weighted by Crippen LogP contribution is 2.35. The fourth-order valence-corrected chi connectivity index (χ4v) is 5.93. The molecule has 0 aliphatic heterocycles. The number of aromatic nitrogens is 6. The first-order valence-corrected chi connectivity index (χ1v) is 18.1. The summed E-state index contributed by atoms with van der Waals surface area (Å²) in [5, 5.41) is 18.6. The van der Waals surface area contributed by atoms with Gasteiger partial charge >= 0.3 is 22.7 Å². The molecule has 0 aliphatic rings. The maximum Gasteiger partial charge on any atom is 0.534 e. The number of nitrogens with zero attached hydrogens (tertiary/aromatic N) is 6. The average Bonchev–Trinajstić information content (AvgIpc) is 3.21. The van der Waals surface area contributed by atoms with Crippen LogP contribution >= 0.6 is 0 Å². The molecule has 0 atom stereocenters. The summed E-state index contributed by atoms with van der Waals surface area (Å²) in [5.74, 6) is -0.529. The molecule has 0 aliphatic carbocycles. The topological polar surface area (TPSA) is 213 Å². The number of benzene rings is 4. The summed E-state index contributed by atoms with van der Waals surface area (Å²) >= 11 is 0. The van der Waals surface area contributed by atoms with Crippen molar-refractivity contribution in [2.75, 3.05) is 11.5 Å².